The molecule has 32 heavy (non-hydrogen) atoms. The van der Waals surface area contributed by atoms with Crippen LogP contribution >= 0.6 is 0 Å². The summed E-state index contributed by atoms with van der Waals surface area (Å²) < 4.78 is 35.9. The molecule has 0 bridgehead atoms. The first-order chi connectivity index (χ1) is 14.3. The minimum absolute atomic E-state index is 0. The molecule has 0 aromatic carbocycles. The maximum absolute atomic E-state index is 11.6. The molecule has 180 valence electrons. The molecular weight excluding hydrogens is 454 g/mol. The van der Waals surface area contributed by atoms with E-state index in [4.69, 9.17) is 14.4 Å². The first-order valence-electron chi connectivity index (χ1n) is 11.3. The Bertz CT molecular complexity index is 606. The third-order valence-electron chi connectivity index (χ3n) is 4.88. The molecular formula is C22H42Na2O7S. The van der Waals surface area contributed by atoms with Crippen LogP contribution in [-0.2, 0) is 24.4 Å². The van der Waals surface area contributed by atoms with Crippen LogP contribution in [0.2, 0.25) is 0 Å². The molecule has 0 fully saturated rings. The predicted octanol–water partition coefficient (Wildman–Crippen LogP) is -0.469. The van der Waals surface area contributed by atoms with Crippen LogP contribution in [0.4, 0.5) is 0 Å². The van der Waals surface area contributed by atoms with Crippen molar-refractivity contribution in [1.29, 1.82) is 0 Å². The van der Waals surface area contributed by atoms with Crippen molar-refractivity contribution in [1.82, 2.24) is 0 Å². The number of carboxylic acid groups (broad SMARTS) is 1. The van der Waals surface area contributed by atoms with E-state index in [0.29, 0.717) is 12.8 Å². The van der Waals surface area contributed by atoms with Crippen LogP contribution < -0.4 is 59.1 Å². The van der Waals surface area contributed by atoms with Crippen molar-refractivity contribution in [3.05, 3.63) is 12.2 Å². The Labute approximate surface area is 241 Å². The second-order valence-electron chi connectivity index (χ2n) is 7.71. The van der Waals surface area contributed by atoms with Gasteiger partial charge in [-0.05, 0) is 25.7 Å². The van der Waals surface area contributed by atoms with Crippen LogP contribution in [0.15, 0.2) is 12.2 Å². The summed E-state index contributed by atoms with van der Waals surface area (Å²) in [5, 5.41) is 6.55. The average molecular weight is 497 g/mol. The Morgan fingerprint density at radius 1 is 0.844 bits per heavy atom. The van der Waals surface area contributed by atoms with Gasteiger partial charge in [-0.3, -0.25) is 14.1 Å². The summed E-state index contributed by atoms with van der Waals surface area (Å²) in [6.07, 6.45) is 19.8. The number of carboxylic acids is 1. The molecule has 1 unspecified atom stereocenters. The van der Waals surface area contributed by atoms with Crippen molar-refractivity contribution in [2.45, 2.75) is 108 Å². The van der Waals surface area contributed by atoms with Crippen molar-refractivity contribution in [2.75, 3.05) is 6.61 Å². The minimum atomic E-state index is -4.80. The molecule has 0 spiro atoms. The molecule has 0 radical (unpaired) electrons. The van der Waals surface area contributed by atoms with Crippen LogP contribution in [0.1, 0.15) is 106 Å². The van der Waals surface area contributed by atoms with E-state index in [1.165, 1.54) is 64.2 Å². The van der Waals surface area contributed by atoms with Gasteiger partial charge in [-0.15, -0.1) is 0 Å². The second kappa shape index (κ2) is 24.7. The van der Waals surface area contributed by atoms with Gasteiger partial charge in [0.15, 0.2) is 5.25 Å². The summed E-state index contributed by atoms with van der Waals surface area (Å²) >= 11 is 0. The van der Waals surface area contributed by atoms with Crippen LogP contribution in [0.5, 0.6) is 0 Å². The zero-order valence-electron chi connectivity index (χ0n) is 22.4. The molecule has 0 aliphatic carbocycles. The number of hydrogen-bond donors (Lipinski definition) is 2. The molecule has 0 rings (SSSR count). The third-order valence-corrected chi connectivity index (χ3v) is 5.96. The fraction of sp³-hybridized carbons (Fsp3) is 0.818. The molecule has 0 aliphatic heterocycles. The van der Waals surface area contributed by atoms with Crippen molar-refractivity contribution in [3.63, 3.8) is 0 Å². The maximum Gasteiger partial charge on any atom is 1.00 e. The SMILES string of the molecule is CCCCCCCCCCCCCC=CCCCOC(=O)C(CC(=O)O)S(=O)(=O)O.[H-].[H-].[Na+].[Na+]. The zero-order valence-corrected chi connectivity index (χ0v) is 25.2. The molecule has 1 atom stereocenters. The average Bonchev–Trinajstić information content (AvgIpc) is 2.67. The number of unbranched alkanes of at least 4 members (excludes halogenated alkanes) is 12. The number of allylic oxidation sites excluding steroid dienone is 2. The molecule has 0 saturated carbocycles. The molecule has 2 N–H and O–H groups in total. The second-order valence-corrected chi connectivity index (χ2v) is 9.31. The van der Waals surface area contributed by atoms with Gasteiger partial charge in [0.25, 0.3) is 10.1 Å². The van der Waals surface area contributed by atoms with Crippen LogP contribution in [0.25, 0.3) is 0 Å². The molecule has 7 nitrogen and oxygen atoms in total. The Morgan fingerprint density at radius 3 is 1.72 bits per heavy atom. The van der Waals surface area contributed by atoms with E-state index in [1.54, 1.807) is 0 Å². The van der Waals surface area contributed by atoms with Gasteiger partial charge in [-0.25, -0.2) is 0 Å². The summed E-state index contributed by atoms with van der Waals surface area (Å²) in [7, 11) is -4.80. The monoisotopic (exact) mass is 496 g/mol. The van der Waals surface area contributed by atoms with Crippen molar-refractivity contribution >= 4 is 22.1 Å². The molecule has 0 aliphatic rings. The molecule has 0 aromatic rings. The predicted molar refractivity (Wildman–Crippen MR) is 120 cm³/mol. The number of esters is 1. The summed E-state index contributed by atoms with van der Waals surface area (Å²) in [4.78, 5) is 22.2. The quantitative estimate of drug-likeness (QED) is 0.0769. The normalized spacial score (nSPS) is 12.1. The number of aliphatic carboxylic acids is 1. The van der Waals surface area contributed by atoms with Gasteiger partial charge in [-0.1, -0.05) is 83.3 Å². The van der Waals surface area contributed by atoms with Gasteiger partial charge in [0.1, 0.15) is 0 Å². The van der Waals surface area contributed by atoms with Gasteiger partial charge in [-0.2, -0.15) is 8.42 Å². The number of hydrogen-bond acceptors (Lipinski definition) is 5. The molecule has 10 heteroatoms. The van der Waals surface area contributed by atoms with E-state index >= 15 is 0 Å². The first kappa shape index (κ1) is 37.1. The third kappa shape index (κ3) is 23.7. The number of carbonyl (C=O) groups excluding carboxylic acids is 1. The number of ether oxygens (including phenoxy) is 1. The summed E-state index contributed by atoms with van der Waals surface area (Å²) in [5.74, 6) is -2.73. The van der Waals surface area contributed by atoms with Crippen molar-refractivity contribution < 1.29 is 94.4 Å². The van der Waals surface area contributed by atoms with E-state index in [-0.39, 0.29) is 68.6 Å². The van der Waals surface area contributed by atoms with Gasteiger partial charge in [0, 0.05) is 0 Å². The van der Waals surface area contributed by atoms with E-state index in [0.717, 1.165) is 12.8 Å². The van der Waals surface area contributed by atoms with Gasteiger partial charge in [0.2, 0.25) is 0 Å². The fourth-order valence-corrected chi connectivity index (χ4v) is 3.76. The first-order valence-corrected chi connectivity index (χ1v) is 12.8. The summed E-state index contributed by atoms with van der Waals surface area (Å²) in [5.41, 5.74) is 0. The van der Waals surface area contributed by atoms with Gasteiger partial charge < -0.3 is 12.7 Å². The van der Waals surface area contributed by atoms with Crippen LogP contribution in [0, 0.1) is 0 Å². The summed E-state index contributed by atoms with van der Waals surface area (Å²) in [6, 6.07) is 0. The van der Waals surface area contributed by atoms with E-state index in [1.807, 2.05) is 6.08 Å². The van der Waals surface area contributed by atoms with Crippen LogP contribution in [-0.4, -0.2) is 41.9 Å². The summed E-state index contributed by atoms with van der Waals surface area (Å²) in [6.45, 7) is 2.22. The van der Waals surface area contributed by atoms with Crippen LogP contribution in [0.3, 0.4) is 0 Å². The van der Waals surface area contributed by atoms with E-state index in [2.05, 4.69) is 13.0 Å². The van der Waals surface area contributed by atoms with Gasteiger partial charge >= 0.3 is 71.1 Å². The molecule has 0 saturated heterocycles. The zero-order chi connectivity index (χ0) is 22.7. The Hall–Kier alpha value is 0.590. The van der Waals surface area contributed by atoms with E-state index in [9.17, 15) is 18.0 Å². The minimum Gasteiger partial charge on any atom is -1.00 e. The number of rotatable bonds is 20. The molecule has 0 amide bonds. The van der Waals surface area contributed by atoms with E-state index < -0.39 is 33.7 Å². The maximum atomic E-state index is 11.6. The molecule has 0 heterocycles. The number of carbonyl (C=O) groups is 2. The smallest absolute Gasteiger partial charge is 1.00 e. The van der Waals surface area contributed by atoms with Crippen molar-refractivity contribution in [2.24, 2.45) is 0 Å². The van der Waals surface area contributed by atoms with Crippen molar-refractivity contribution in [3.8, 4) is 0 Å². The molecule has 0 aromatic heterocycles. The fourth-order valence-electron chi connectivity index (χ4n) is 3.10. The Kier molecular flexibility index (Phi) is 28.7. The Balaban J connectivity index is -0.000000701. The standard InChI is InChI=1S/C22H40O7S.2Na.2H/c1-2-3-4-5-6-7-8-9-10-11-12-13-14-15-16-17-18-29-22(25)20(19-21(23)24)30(26,27)28;;;;/h14-15,20H,2-13,16-19H2,1H3,(H,23,24)(H,26,27,28);;;;/q;2*+1;2*-1. The Morgan fingerprint density at radius 2 is 1.28 bits per heavy atom. The topological polar surface area (TPSA) is 118 Å². The largest absolute Gasteiger partial charge is 1.00 e. The van der Waals surface area contributed by atoms with Gasteiger partial charge in [0.05, 0.1) is 13.0 Å².